The average Bonchev–Trinajstić information content (AvgIpc) is 2.31. The van der Waals surface area contributed by atoms with Gasteiger partial charge in [0.15, 0.2) is 0 Å². The van der Waals surface area contributed by atoms with E-state index in [-0.39, 0.29) is 5.54 Å². The molecule has 17 heavy (non-hydrogen) atoms. The van der Waals surface area contributed by atoms with Crippen molar-refractivity contribution >= 4 is 11.6 Å². The second-order valence-corrected chi connectivity index (χ2v) is 5.22. The van der Waals surface area contributed by atoms with E-state index < -0.39 is 0 Å². The van der Waals surface area contributed by atoms with Crippen LogP contribution in [0.2, 0.25) is 5.02 Å². The highest BCUT2D eigenvalue weighted by atomic mass is 35.5. The van der Waals surface area contributed by atoms with Crippen molar-refractivity contribution in [3.63, 3.8) is 0 Å². The maximum atomic E-state index is 6.04. The number of halogens is 1. The van der Waals surface area contributed by atoms with Gasteiger partial charge in [-0.25, -0.2) is 0 Å². The Labute approximate surface area is 109 Å². The SMILES string of the molecule is CCC(C)(C)NCCOCc1ccccc1Cl. The molecule has 96 valence electrons. The van der Waals surface area contributed by atoms with Crippen LogP contribution in [0.15, 0.2) is 24.3 Å². The van der Waals surface area contributed by atoms with Gasteiger partial charge in [0.25, 0.3) is 0 Å². The van der Waals surface area contributed by atoms with Gasteiger partial charge in [0.2, 0.25) is 0 Å². The predicted molar refractivity (Wildman–Crippen MR) is 73.5 cm³/mol. The fourth-order valence-corrected chi connectivity index (χ4v) is 1.57. The first-order valence-corrected chi connectivity index (χ1v) is 6.49. The zero-order valence-electron chi connectivity index (χ0n) is 10.9. The minimum Gasteiger partial charge on any atom is -0.375 e. The van der Waals surface area contributed by atoms with Gasteiger partial charge in [0.1, 0.15) is 0 Å². The van der Waals surface area contributed by atoms with Crippen molar-refractivity contribution < 1.29 is 4.74 Å². The number of nitrogens with one attached hydrogen (secondary N) is 1. The van der Waals surface area contributed by atoms with Crippen LogP contribution in [0.4, 0.5) is 0 Å². The molecule has 1 aromatic carbocycles. The van der Waals surface area contributed by atoms with E-state index >= 15 is 0 Å². The lowest BCUT2D eigenvalue weighted by Crippen LogP contribution is -2.40. The van der Waals surface area contributed by atoms with E-state index in [9.17, 15) is 0 Å². The Morgan fingerprint density at radius 2 is 2.00 bits per heavy atom. The highest BCUT2D eigenvalue weighted by Crippen LogP contribution is 2.15. The Hall–Kier alpha value is -0.570. The minimum absolute atomic E-state index is 0.188. The second-order valence-electron chi connectivity index (χ2n) is 4.81. The number of benzene rings is 1. The molecule has 0 atom stereocenters. The van der Waals surface area contributed by atoms with Crippen molar-refractivity contribution in [1.82, 2.24) is 5.32 Å². The van der Waals surface area contributed by atoms with Crippen molar-refractivity contribution in [2.45, 2.75) is 39.3 Å². The van der Waals surface area contributed by atoms with Crippen LogP contribution in [0.3, 0.4) is 0 Å². The number of hydrogen-bond acceptors (Lipinski definition) is 2. The van der Waals surface area contributed by atoms with Gasteiger partial charge in [-0.05, 0) is 31.9 Å². The van der Waals surface area contributed by atoms with Crippen molar-refractivity contribution in [2.75, 3.05) is 13.2 Å². The normalized spacial score (nSPS) is 11.8. The van der Waals surface area contributed by atoms with Gasteiger partial charge in [-0.2, -0.15) is 0 Å². The molecule has 0 aliphatic rings. The Balaban J connectivity index is 2.19. The lowest BCUT2D eigenvalue weighted by Gasteiger charge is -2.24. The molecular weight excluding hydrogens is 234 g/mol. The fraction of sp³-hybridized carbons (Fsp3) is 0.571. The number of rotatable bonds is 7. The first-order valence-electron chi connectivity index (χ1n) is 6.11. The smallest absolute Gasteiger partial charge is 0.0731 e. The van der Waals surface area contributed by atoms with Crippen LogP contribution in [-0.4, -0.2) is 18.7 Å². The summed E-state index contributed by atoms with van der Waals surface area (Å²) in [6, 6.07) is 7.78. The number of hydrogen-bond donors (Lipinski definition) is 1. The van der Waals surface area contributed by atoms with E-state index in [1.165, 1.54) is 0 Å². The van der Waals surface area contributed by atoms with Crippen LogP contribution >= 0.6 is 11.6 Å². The zero-order valence-corrected chi connectivity index (χ0v) is 11.7. The van der Waals surface area contributed by atoms with Gasteiger partial charge >= 0.3 is 0 Å². The average molecular weight is 256 g/mol. The molecule has 0 heterocycles. The molecule has 0 aromatic heterocycles. The lowest BCUT2D eigenvalue weighted by molar-refractivity contribution is 0.117. The van der Waals surface area contributed by atoms with Crippen molar-refractivity contribution in [3.05, 3.63) is 34.9 Å². The molecular formula is C14H22ClNO. The summed E-state index contributed by atoms with van der Waals surface area (Å²) in [6.45, 7) is 8.72. The predicted octanol–water partition coefficient (Wildman–Crippen LogP) is 3.63. The van der Waals surface area contributed by atoms with E-state index in [1.807, 2.05) is 24.3 Å². The van der Waals surface area contributed by atoms with E-state index in [1.54, 1.807) is 0 Å². The maximum absolute atomic E-state index is 6.04. The minimum atomic E-state index is 0.188. The second kappa shape index (κ2) is 7.00. The molecule has 0 bridgehead atoms. The largest absolute Gasteiger partial charge is 0.375 e. The summed E-state index contributed by atoms with van der Waals surface area (Å²) in [7, 11) is 0. The maximum Gasteiger partial charge on any atom is 0.0731 e. The van der Waals surface area contributed by atoms with E-state index in [0.29, 0.717) is 13.2 Å². The first kappa shape index (κ1) is 14.5. The van der Waals surface area contributed by atoms with Gasteiger partial charge < -0.3 is 10.1 Å². The van der Waals surface area contributed by atoms with Gasteiger partial charge in [-0.15, -0.1) is 0 Å². The molecule has 1 aromatic rings. The Kier molecular flexibility index (Phi) is 5.96. The van der Waals surface area contributed by atoms with E-state index in [4.69, 9.17) is 16.3 Å². The van der Waals surface area contributed by atoms with Crippen LogP contribution in [0.1, 0.15) is 32.8 Å². The summed E-state index contributed by atoms with van der Waals surface area (Å²) in [4.78, 5) is 0. The molecule has 0 fully saturated rings. The zero-order chi connectivity index (χ0) is 12.7. The Morgan fingerprint density at radius 3 is 2.65 bits per heavy atom. The first-order chi connectivity index (χ1) is 8.05. The summed E-state index contributed by atoms with van der Waals surface area (Å²) in [6.07, 6.45) is 1.11. The number of ether oxygens (including phenoxy) is 1. The summed E-state index contributed by atoms with van der Waals surface area (Å²) in [5, 5.41) is 4.22. The highest BCUT2D eigenvalue weighted by Gasteiger charge is 2.12. The summed E-state index contributed by atoms with van der Waals surface area (Å²) < 4.78 is 5.59. The molecule has 0 amide bonds. The molecule has 0 radical (unpaired) electrons. The topological polar surface area (TPSA) is 21.3 Å². The quantitative estimate of drug-likeness (QED) is 0.752. The third-order valence-corrected chi connectivity index (χ3v) is 3.32. The van der Waals surface area contributed by atoms with Crippen LogP contribution < -0.4 is 5.32 Å². The van der Waals surface area contributed by atoms with E-state index in [0.717, 1.165) is 23.6 Å². The Bertz CT molecular complexity index is 339. The van der Waals surface area contributed by atoms with Crippen molar-refractivity contribution in [2.24, 2.45) is 0 Å². The van der Waals surface area contributed by atoms with Crippen LogP contribution in [0, 0.1) is 0 Å². The fourth-order valence-electron chi connectivity index (χ4n) is 1.38. The van der Waals surface area contributed by atoms with Crippen LogP contribution in [0.25, 0.3) is 0 Å². The Morgan fingerprint density at radius 1 is 1.29 bits per heavy atom. The third-order valence-electron chi connectivity index (χ3n) is 2.95. The van der Waals surface area contributed by atoms with E-state index in [2.05, 4.69) is 26.1 Å². The van der Waals surface area contributed by atoms with Crippen LogP contribution in [-0.2, 0) is 11.3 Å². The molecule has 1 N–H and O–H groups in total. The molecule has 0 aliphatic carbocycles. The molecule has 0 unspecified atom stereocenters. The molecule has 0 saturated heterocycles. The van der Waals surface area contributed by atoms with Gasteiger partial charge in [0.05, 0.1) is 13.2 Å². The standard InChI is InChI=1S/C14H22ClNO/c1-4-14(2,3)16-9-10-17-11-12-7-5-6-8-13(12)15/h5-8,16H,4,9-11H2,1-3H3. The molecule has 1 rings (SSSR count). The van der Waals surface area contributed by atoms with Crippen molar-refractivity contribution in [3.8, 4) is 0 Å². The van der Waals surface area contributed by atoms with Gasteiger partial charge in [-0.1, -0.05) is 36.7 Å². The summed E-state index contributed by atoms with van der Waals surface area (Å²) >= 11 is 6.04. The van der Waals surface area contributed by atoms with Crippen molar-refractivity contribution in [1.29, 1.82) is 0 Å². The molecule has 3 heteroatoms. The highest BCUT2D eigenvalue weighted by molar-refractivity contribution is 6.31. The third kappa shape index (κ3) is 5.53. The molecule has 0 aliphatic heterocycles. The monoisotopic (exact) mass is 255 g/mol. The summed E-state index contributed by atoms with van der Waals surface area (Å²) in [5.41, 5.74) is 1.23. The van der Waals surface area contributed by atoms with Gasteiger partial charge in [-0.3, -0.25) is 0 Å². The molecule has 0 spiro atoms. The molecule has 0 saturated carbocycles. The molecule has 2 nitrogen and oxygen atoms in total. The van der Waals surface area contributed by atoms with Crippen LogP contribution in [0.5, 0.6) is 0 Å². The lowest BCUT2D eigenvalue weighted by atomic mass is 10.0. The summed E-state index contributed by atoms with van der Waals surface area (Å²) in [5.74, 6) is 0. The van der Waals surface area contributed by atoms with Gasteiger partial charge in [0, 0.05) is 17.1 Å².